The van der Waals surface area contributed by atoms with E-state index < -0.39 is 0 Å². The summed E-state index contributed by atoms with van der Waals surface area (Å²) in [6.07, 6.45) is 7.26. The van der Waals surface area contributed by atoms with Gasteiger partial charge in [-0.3, -0.25) is 9.78 Å². The fourth-order valence-corrected chi connectivity index (χ4v) is 3.16. The zero-order chi connectivity index (χ0) is 19.7. The van der Waals surface area contributed by atoms with Crippen molar-refractivity contribution in [2.24, 2.45) is 0 Å². The van der Waals surface area contributed by atoms with Gasteiger partial charge >= 0.3 is 0 Å². The number of carbonyl (C=O) groups is 1. The van der Waals surface area contributed by atoms with Crippen molar-refractivity contribution >= 4 is 11.6 Å². The molecule has 5 heteroatoms. The number of carbonyl (C=O) groups excluding carboxylic acids is 1. The van der Waals surface area contributed by atoms with Crippen LogP contribution in [-0.4, -0.2) is 20.3 Å². The number of nitrogens with one attached hydrogen (secondary N) is 1. The molecular weight excluding hydrogens is 348 g/mol. The summed E-state index contributed by atoms with van der Waals surface area (Å²) in [5, 5.41) is 3.02. The molecule has 0 unspecified atom stereocenters. The molecule has 5 nitrogen and oxygen atoms in total. The van der Waals surface area contributed by atoms with E-state index in [1.54, 1.807) is 18.5 Å². The van der Waals surface area contributed by atoms with E-state index in [1.807, 2.05) is 41.9 Å². The van der Waals surface area contributed by atoms with Crippen LogP contribution in [0, 0.1) is 13.8 Å². The van der Waals surface area contributed by atoms with Gasteiger partial charge in [0, 0.05) is 30.4 Å². The molecule has 0 aliphatic heterocycles. The minimum absolute atomic E-state index is 0.120. The number of rotatable bonds is 4. The number of pyridine rings is 2. The third-order valence-electron chi connectivity index (χ3n) is 5.05. The zero-order valence-electron chi connectivity index (χ0n) is 16.2. The number of aromatic nitrogens is 3. The van der Waals surface area contributed by atoms with Crippen molar-refractivity contribution in [2.45, 2.75) is 26.8 Å². The van der Waals surface area contributed by atoms with Gasteiger partial charge in [0.15, 0.2) is 0 Å². The first-order chi connectivity index (χ1) is 13.5. The topological polar surface area (TPSA) is 59.3 Å². The number of amides is 1. The molecule has 28 heavy (non-hydrogen) atoms. The van der Waals surface area contributed by atoms with Crippen LogP contribution >= 0.6 is 0 Å². The highest BCUT2D eigenvalue weighted by Crippen LogP contribution is 2.22. The lowest BCUT2D eigenvalue weighted by atomic mass is 10.1. The van der Waals surface area contributed by atoms with Crippen LogP contribution in [-0.2, 0) is 0 Å². The molecular formula is C23H22N4O. The molecule has 0 spiro atoms. The average molecular weight is 370 g/mol. The van der Waals surface area contributed by atoms with Crippen molar-refractivity contribution in [3.05, 3.63) is 89.5 Å². The highest BCUT2D eigenvalue weighted by atomic mass is 16.1. The van der Waals surface area contributed by atoms with E-state index in [0.29, 0.717) is 5.56 Å². The maximum atomic E-state index is 12.7. The molecule has 0 saturated carbocycles. The number of fused-ring (bicyclic) bond motifs is 1. The molecule has 0 bridgehead atoms. The van der Waals surface area contributed by atoms with E-state index in [1.165, 1.54) is 11.1 Å². The van der Waals surface area contributed by atoms with Crippen molar-refractivity contribution in [1.29, 1.82) is 0 Å². The summed E-state index contributed by atoms with van der Waals surface area (Å²) in [6.45, 7) is 6.14. The predicted molar refractivity (Wildman–Crippen MR) is 110 cm³/mol. The minimum atomic E-state index is -0.125. The van der Waals surface area contributed by atoms with Crippen LogP contribution in [0.25, 0.3) is 16.9 Å². The Morgan fingerprint density at radius 1 is 1.07 bits per heavy atom. The van der Waals surface area contributed by atoms with E-state index in [4.69, 9.17) is 0 Å². The highest BCUT2D eigenvalue weighted by molar-refractivity contribution is 5.94. The quantitative estimate of drug-likeness (QED) is 0.575. The average Bonchev–Trinajstić information content (AvgIpc) is 3.14. The predicted octanol–water partition coefficient (Wildman–Crippen LogP) is 4.50. The van der Waals surface area contributed by atoms with Crippen molar-refractivity contribution in [3.8, 4) is 11.3 Å². The van der Waals surface area contributed by atoms with Gasteiger partial charge in [0.25, 0.3) is 5.91 Å². The van der Waals surface area contributed by atoms with Crippen LogP contribution < -0.4 is 5.32 Å². The molecule has 0 fully saturated rings. The first-order valence-corrected chi connectivity index (χ1v) is 9.28. The molecule has 3 heterocycles. The summed E-state index contributed by atoms with van der Waals surface area (Å²) in [5.74, 6) is -0.125. The summed E-state index contributed by atoms with van der Waals surface area (Å²) in [7, 11) is 0. The van der Waals surface area contributed by atoms with E-state index in [9.17, 15) is 4.79 Å². The van der Waals surface area contributed by atoms with Crippen molar-refractivity contribution in [1.82, 2.24) is 19.7 Å². The third kappa shape index (κ3) is 3.51. The number of aryl methyl sites for hydroxylation is 2. The van der Waals surface area contributed by atoms with E-state index >= 15 is 0 Å². The summed E-state index contributed by atoms with van der Waals surface area (Å²) in [5.41, 5.74) is 6.83. The molecule has 3 aromatic heterocycles. The van der Waals surface area contributed by atoms with E-state index in [2.05, 4.69) is 47.3 Å². The van der Waals surface area contributed by atoms with Gasteiger partial charge in [0.2, 0.25) is 0 Å². The largest absolute Gasteiger partial charge is 0.345 e. The molecule has 0 saturated heterocycles. The summed E-state index contributed by atoms with van der Waals surface area (Å²) < 4.78 is 1.90. The molecule has 1 aromatic carbocycles. The van der Waals surface area contributed by atoms with Crippen LogP contribution in [0.15, 0.2) is 67.3 Å². The normalized spacial score (nSPS) is 12.1. The Morgan fingerprint density at radius 2 is 1.93 bits per heavy atom. The Labute approximate surface area is 164 Å². The summed E-state index contributed by atoms with van der Waals surface area (Å²) >= 11 is 0. The molecule has 1 N–H and O–H groups in total. The van der Waals surface area contributed by atoms with E-state index in [0.717, 1.165) is 22.5 Å². The maximum Gasteiger partial charge on any atom is 0.253 e. The van der Waals surface area contributed by atoms with Gasteiger partial charge in [-0.2, -0.15) is 0 Å². The highest BCUT2D eigenvalue weighted by Gasteiger charge is 2.13. The maximum absolute atomic E-state index is 12.7. The van der Waals surface area contributed by atoms with Crippen LogP contribution in [0.1, 0.15) is 40.0 Å². The molecule has 0 aliphatic carbocycles. The van der Waals surface area contributed by atoms with Crippen LogP contribution in [0.2, 0.25) is 0 Å². The molecule has 140 valence electrons. The number of benzene rings is 1. The third-order valence-corrected chi connectivity index (χ3v) is 5.05. The Kier molecular flexibility index (Phi) is 4.65. The smallest absolute Gasteiger partial charge is 0.253 e. The van der Waals surface area contributed by atoms with Crippen molar-refractivity contribution < 1.29 is 4.79 Å². The van der Waals surface area contributed by atoms with Gasteiger partial charge in [0.05, 0.1) is 17.3 Å². The molecule has 4 rings (SSSR count). The second-order valence-electron chi connectivity index (χ2n) is 7.09. The Morgan fingerprint density at radius 3 is 2.68 bits per heavy atom. The molecule has 4 aromatic rings. The van der Waals surface area contributed by atoms with Crippen LogP contribution in [0.3, 0.4) is 0 Å². The van der Waals surface area contributed by atoms with Crippen molar-refractivity contribution in [2.75, 3.05) is 0 Å². The Bertz CT molecular complexity index is 1150. The Hall–Kier alpha value is -3.47. The van der Waals surface area contributed by atoms with Gasteiger partial charge in [-0.05, 0) is 61.7 Å². The number of nitrogens with zero attached hydrogens (tertiary/aromatic N) is 3. The van der Waals surface area contributed by atoms with Crippen molar-refractivity contribution in [3.63, 3.8) is 0 Å². The number of hydrogen-bond donors (Lipinski definition) is 1. The minimum Gasteiger partial charge on any atom is -0.345 e. The summed E-state index contributed by atoms with van der Waals surface area (Å²) in [6, 6.07) is 13.7. The van der Waals surface area contributed by atoms with Gasteiger partial charge in [-0.1, -0.05) is 18.2 Å². The lowest BCUT2D eigenvalue weighted by Gasteiger charge is -2.13. The second kappa shape index (κ2) is 7.27. The lowest BCUT2D eigenvalue weighted by molar-refractivity contribution is 0.0939. The molecule has 1 amide bonds. The zero-order valence-corrected chi connectivity index (χ0v) is 16.2. The lowest BCUT2D eigenvalue weighted by Crippen LogP contribution is -2.26. The Balaban J connectivity index is 1.59. The molecule has 0 aliphatic rings. The fourth-order valence-electron chi connectivity index (χ4n) is 3.16. The van der Waals surface area contributed by atoms with Gasteiger partial charge in [-0.15, -0.1) is 0 Å². The second-order valence-corrected chi connectivity index (χ2v) is 7.09. The van der Waals surface area contributed by atoms with Crippen LogP contribution in [0.4, 0.5) is 0 Å². The monoisotopic (exact) mass is 370 g/mol. The SMILES string of the molecule is Cc1ccc(-c2cn3cc(C(=O)N[C@H](C)c4cccnc4)ccc3n2)cc1C. The van der Waals surface area contributed by atoms with E-state index in [-0.39, 0.29) is 11.9 Å². The fraction of sp³-hybridized carbons (Fsp3) is 0.174. The molecule has 0 radical (unpaired) electrons. The van der Waals surface area contributed by atoms with Gasteiger partial charge < -0.3 is 9.72 Å². The number of imidazole rings is 1. The first kappa shape index (κ1) is 17.9. The van der Waals surface area contributed by atoms with Gasteiger partial charge in [0.1, 0.15) is 5.65 Å². The van der Waals surface area contributed by atoms with Gasteiger partial charge in [-0.25, -0.2) is 4.98 Å². The summed E-state index contributed by atoms with van der Waals surface area (Å²) in [4.78, 5) is 21.5. The first-order valence-electron chi connectivity index (χ1n) is 9.28. The standard InChI is InChI=1S/C23H22N4O/c1-15-6-7-18(11-16(15)2)21-14-27-13-20(8-9-22(27)26-21)23(28)25-17(3)19-5-4-10-24-12-19/h4-14,17H,1-3H3,(H,25,28)/t17-/m1/s1. The number of hydrogen-bond acceptors (Lipinski definition) is 3. The molecule has 1 atom stereocenters. The van der Waals surface area contributed by atoms with Crippen LogP contribution in [0.5, 0.6) is 0 Å².